The van der Waals surface area contributed by atoms with E-state index in [1.54, 1.807) is 12.1 Å². The number of imidazole rings is 1. The van der Waals surface area contributed by atoms with E-state index in [1.165, 1.54) is 12.1 Å². The normalized spacial score (nSPS) is 15.1. The Morgan fingerprint density at radius 1 is 1.10 bits per heavy atom. The van der Waals surface area contributed by atoms with Gasteiger partial charge in [0.2, 0.25) is 0 Å². The number of ketones is 1. The van der Waals surface area contributed by atoms with Crippen LogP contribution in [0.15, 0.2) is 48.5 Å². The predicted molar refractivity (Wildman–Crippen MR) is 116 cm³/mol. The van der Waals surface area contributed by atoms with E-state index in [2.05, 4.69) is 19.9 Å². The van der Waals surface area contributed by atoms with Crippen molar-refractivity contribution in [1.82, 2.24) is 9.38 Å². The lowest BCUT2D eigenvalue weighted by Crippen LogP contribution is -2.30. The second-order valence-electron chi connectivity index (χ2n) is 8.69. The Hall–Kier alpha value is -4.05. The van der Waals surface area contributed by atoms with Gasteiger partial charge in [0, 0.05) is 35.4 Å². The van der Waals surface area contributed by atoms with Gasteiger partial charge in [0.25, 0.3) is 5.69 Å². The highest BCUT2D eigenvalue weighted by molar-refractivity contribution is 6.07. The fourth-order valence-electron chi connectivity index (χ4n) is 4.61. The van der Waals surface area contributed by atoms with Crippen LogP contribution in [0.5, 0.6) is 0 Å². The smallest absolute Gasteiger partial charge is 0.269 e. The minimum absolute atomic E-state index is 0.0317. The largest absolute Gasteiger partial charge is 0.295 e. The molecule has 0 amide bonds. The number of Topliss-reactive ketones (excluding diaryl/α,β-unsaturated/α-hetero) is 1. The molecule has 0 fully saturated rings. The summed E-state index contributed by atoms with van der Waals surface area (Å²) in [7, 11) is 0. The maximum Gasteiger partial charge on any atom is 0.269 e. The number of rotatable bonds is 2. The molecule has 7 heteroatoms. The number of hydrogen-bond donors (Lipinski definition) is 0. The van der Waals surface area contributed by atoms with Crippen molar-refractivity contribution >= 4 is 28.2 Å². The number of pyridine rings is 1. The van der Waals surface area contributed by atoms with E-state index in [9.17, 15) is 20.2 Å². The number of carbonyl (C=O) groups is 1. The van der Waals surface area contributed by atoms with Crippen LogP contribution >= 0.6 is 0 Å². The average Bonchev–Trinajstić information content (AvgIpc) is 3.12. The Balaban J connectivity index is 1.95. The number of nitro groups is 1. The van der Waals surface area contributed by atoms with Crippen LogP contribution in [0.4, 0.5) is 5.69 Å². The van der Waals surface area contributed by atoms with E-state index in [4.69, 9.17) is 4.98 Å². The molecule has 4 aromatic rings. The van der Waals surface area contributed by atoms with Crippen molar-refractivity contribution in [2.24, 2.45) is 5.41 Å². The summed E-state index contributed by atoms with van der Waals surface area (Å²) in [6.45, 7) is 4.12. The molecule has 0 saturated heterocycles. The molecule has 152 valence electrons. The maximum atomic E-state index is 13.4. The maximum absolute atomic E-state index is 13.4. The monoisotopic (exact) mass is 410 g/mol. The molecule has 1 aliphatic rings. The molecule has 31 heavy (non-hydrogen) atoms. The molecule has 0 saturated carbocycles. The van der Waals surface area contributed by atoms with Crippen LogP contribution in [-0.4, -0.2) is 20.1 Å². The summed E-state index contributed by atoms with van der Waals surface area (Å²) in [5.41, 5.74) is 4.58. The summed E-state index contributed by atoms with van der Waals surface area (Å²) in [4.78, 5) is 28.7. The topological polar surface area (TPSA) is 101 Å². The van der Waals surface area contributed by atoms with Crippen LogP contribution in [0, 0.1) is 26.9 Å². The first-order valence-corrected chi connectivity index (χ1v) is 9.95. The third-order valence-electron chi connectivity index (χ3n) is 5.89. The first kappa shape index (κ1) is 18.9. The number of hydrogen-bond acceptors (Lipinski definition) is 5. The minimum atomic E-state index is -0.470. The molecule has 2 aromatic carbocycles. The molecule has 0 radical (unpaired) electrons. The van der Waals surface area contributed by atoms with Crippen LogP contribution in [0.25, 0.3) is 27.8 Å². The van der Waals surface area contributed by atoms with Gasteiger partial charge in [0.1, 0.15) is 11.6 Å². The molecule has 0 spiro atoms. The number of aromatic nitrogens is 2. The van der Waals surface area contributed by atoms with Gasteiger partial charge in [-0.3, -0.25) is 19.3 Å². The van der Waals surface area contributed by atoms with Crippen LogP contribution in [-0.2, 0) is 6.42 Å². The third kappa shape index (κ3) is 2.80. The summed E-state index contributed by atoms with van der Waals surface area (Å²) < 4.78 is 1.94. The second kappa shape index (κ2) is 6.47. The zero-order valence-electron chi connectivity index (χ0n) is 17.0. The van der Waals surface area contributed by atoms with Gasteiger partial charge in [-0.1, -0.05) is 26.0 Å². The van der Waals surface area contributed by atoms with Crippen molar-refractivity contribution in [3.05, 3.63) is 75.5 Å². The van der Waals surface area contributed by atoms with Gasteiger partial charge in [-0.25, -0.2) is 4.98 Å². The lowest BCUT2D eigenvalue weighted by Gasteiger charge is -2.32. The van der Waals surface area contributed by atoms with E-state index < -0.39 is 4.92 Å². The van der Waals surface area contributed by atoms with E-state index in [0.29, 0.717) is 40.7 Å². The fourth-order valence-corrected chi connectivity index (χ4v) is 4.61. The summed E-state index contributed by atoms with van der Waals surface area (Å²) in [5, 5.41) is 21.2. The van der Waals surface area contributed by atoms with Crippen molar-refractivity contribution in [3.8, 4) is 17.2 Å². The number of nitriles is 1. The number of nitro benzene ring substituents is 1. The standard InChI is InChI=1S/C24H18N4O3/c1-24(2)11-19-22(20(29)12-24)21(14-7-9-15(10-8-14)28(30)31)16(13-25)23-26-17-5-3-4-6-18(17)27(19)23/h3-10H,11-12H2,1-2H3. The van der Waals surface area contributed by atoms with Crippen LogP contribution < -0.4 is 0 Å². The molecule has 0 N–H and O–H groups in total. The SMILES string of the molecule is CC1(C)CC(=O)c2c(-c3ccc([N+](=O)[O-])cc3)c(C#N)c3nc4ccccc4n3c2C1. The van der Waals surface area contributed by atoms with Crippen LogP contribution in [0.3, 0.4) is 0 Å². The van der Waals surface area contributed by atoms with Gasteiger partial charge in [0.15, 0.2) is 11.4 Å². The quantitative estimate of drug-likeness (QED) is 0.338. The number of carbonyl (C=O) groups excluding carboxylic acids is 1. The van der Waals surface area contributed by atoms with Crippen LogP contribution in [0.2, 0.25) is 0 Å². The molecule has 1 aliphatic carbocycles. The Kier molecular flexibility index (Phi) is 3.96. The van der Waals surface area contributed by atoms with Gasteiger partial charge in [-0.05, 0) is 41.7 Å². The van der Waals surface area contributed by atoms with Gasteiger partial charge in [-0.2, -0.15) is 5.26 Å². The summed E-state index contributed by atoms with van der Waals surface area (Å²) in [5.74, 6) is -0.0317. The van der Waals surface area contributed by atoms with Crippen LogP contribution in [0.1, 0.15) is 41.9 Å². The lowest BCUT2D eigenvalue weighted by molar-refractivity contribution is -0.384. The van der Waals surface area contributed by atoms with Crippen molar-refractivity contribution in [2.45, 2.75) is 26.7 Å². The fraction of sp³-hybridized carbons (Fsp3) is 0.208. The highest BCUT2D eigenvalue weighted by Gasteiger charge is 2.37. The van der Waals surface area contributed by atoms with Crippen molar-refractivity contribution in [3.63, 3.8) is 0 Å². The lowest BCUT2D eigenvalue weighted by atomic mass is 9.73. The molecular weight excluding hydrogens is 392 g/mol. The second-order valence-corrected chi connectivity index (χ2v) is 8.69. The summed E-state index contributed by atoms with van der Waals surface area (Å²) in [6.07, 6.45) is 1.01. The van der Waals surface area contributed by atoms with E-state index in [-0.39, 0.29) is 16.9 Å². The predicted octanol–water partition coefficient (Wildman–Crippen LogP) is 5.09. The van der Waals surface area contributed by atoms with Gasteiger partial charge in [-0.15, -0.1) is 0 Å². The Morgan fingerprint density at radius 3 is 2.48 bits per heavy atom. The van der Waals surface area contributed by atoms with E-state index >= 15 is 0 Å². The van der Waals surface area contributed by atoms with Crippen molar-refractivity contribution in [1.29, 1.82) is 5.26 Å². The summed E-state index contributed by atoms with van der Waals surface area (Å²) >= 11 is 0. The first-order valence-electron chi connectivity index (χ1n) is 9.95. The number of fused-ring (bicyclic) bond motifs is 5. The van der Waals surface area contributed by atoms with Gasteiger partial charge >= 0.3 is 0 Å². The molecule has 2 aromatic heterocycles. The molecular formula is C24H18N4O3. The molecule has 2 heterocycles. The first-order chi connectivity index (χ1) is 14.8. The van der Waals surface area contributed by atoms with Crippen molar-refractivity contribution in [2.75, 3.05) is 0 Å². The molecule has 0 unspecified atom stereocenters. The molecule has 0 atom stereocenters. The summed E-state index contributed by atoms with van der Waals surface area (Å²) in [6, 6.07) is 15.9. The van der Waals surface area contributed by atoms with E-state index in [0.717, 1.165) is 16.7 Å². The molecule has 0 aliphatic heterocycles. The zero-order valence-corrected chi connectivity index (χ0v) is 17.0. The van der Waals surface area contributed by atoms with Gasteiger partial charge in [0.05, 0.1) is 16.0 Å². The Morgan fingerprint density at radius 2 is 1.81 bits per heavy atom. The number of nitrogens with zero attached hydrogens (tertiary/aromatic N) is 4. The molecule has 5 rings (SSSR count). The third-order valence-corrected chi connectivity index (χ3v) is 5.89. The Bertz CT molecular complexity index is 1460. The number of para-hydroxylation sites is 2. The minimum Gasteiger partial charge on any atom is -0.295 e. The average molecular weight is 410 g/mol. The highest BCUT2D eigenvalue weighted by Crippen LogP contribution is 2.43. The molecule has 0 bridgehead atoms. The molecule has 7 nitrogen and oxygen atoms in total. The number of non-ortho nitro benzene ring substituents is 1. The Labute approximate surface area is 177 Å². The van der Waals surface area contributed by atoms with E-state index in [1.807, 2.05) is 28.7 Å². The highest BCUT2D eigenvalue weighted by atomic mass is 16.6. The zero-order chi connectivity index (χ0) is 21.9. The van der Waals surface area contributed by atoms with Gasteiger partial charge < -0.3 is 0 Å². The number of benzene rings is 2. The van der Waals surface area contributed by atoms with Crippen molar-refractivity contribution < 1.29 is 9.72 Å².